The summed E-state index contributed by atoms with van der Waals surface area (Å²) >= 11 is 0. The van der Waals surface area contributed by atoms with Crippen molar-refractivity contribution in [1.29, 1.82) is 0 Å². The normalized spacial score (nSPS) is 12.7. The van der Waals surface area contributed by atoms with E-state index in [9.17, 15) is 5.11 Å². The zero-order valence-corrected chi connectivity index (χ0v) is 23.1. The van der Waals surface area contributed by atoms with Crippen molar-refractivity contribution in [3.63, 3.8) is 0 Å². The van der Waals surface area contributed by atoms with Gasteiger partial charge in [0.05, 0.1) is 31.2 Å². The minimum atomic E-state index is 0.0466. The Balaban J connectivity index is 1.49. The van der Waals surface area contributed by atoms with Crippen molar-refractivity contribution >= 4 is 28.4 Å². The number of anilines is 1. The molecule has 1 heterocycles. The summed E-state index contributed by atoms with van der Waals surface area (Å²) in [7, 11) is 1.71. The Bertz CT molecular complexity index is 1480. The molecular weight excluding hydrogens is 486 g/mol. The zero-order chi connectivity index (χ0) is 27.2. The van der Waals surface area contributed by atoms with Crippen molar-refractivity contribution in [2.24, 2.45) is 0 Å². The third-order valence-corrected chi connectivity index (χ3v) is 7.48. The largest absolute Gasteiger partial charge is 0.496 e. The highest BCUT2D eigenvalue weighted by molar-refractivity contribution is 6.02. The lowest BCUT2D eigenvalue weighted by molar-refractivity contribution is 0.294. The smallest absolute Gasteiger partial charge is 0.318 e. The van der Waals surface area contributed by atoms with Gasteiger partial charge in [0, 0.05) is 19.5 Å². The molecule has 6 nitrogen and oxygen atoms in total. The topological polar surface area (TPSA) is 67.7 Å². The van der Waals surface area contributed by atoms with Gasteiger partial charge in [-0.25, -0.2) is 0 Å². The van der Waals surface area contributed by atoms with Crippen LogP contribution in [0.5, 0.6) is 11.8 Å². The van der Waals surface area contributed by atoms with Gasteiger partial charge in [0.15, 0.2) is 0 Å². The molecule has 1 aliphatic rings. The lowest BCUT2D eigenvalue weighted by atomic mass is 9.87. The number of likely N-dealkylation sites (N-methyl/N-ethyl adjacent to an activating group) is 1. The summed E-state index contributed by atoms with van der Waals surface area (Å²) in [5, 5.41) is 10.8. The van der Waals surface area contributed by atoms with E-state index in [4.69, 9.17) is 19.4 Å². The number of benzene rings is 3. The summed E-state index contributed by atoms with van der Waals surface area (Å²) in [6, 6.07) is 21.5. The number of aryl methyl sites for hydroxylation is 2. The van der Waals surface area contributed by atoms with Crippen LogP contribution in [0.25, 0.3) is 22.6 Å². The molecular formula is C33H37N3O3. The Hall–Kier alpha value is -3.90. The van der Waals surface area contributed by atoms with E-state index < -0.39 is 0 Å². The van der Waals surface area contributed by atoms with E-state index in [-0.39, 0.29) is 6.61 Å². The van der Waals surface area contributed by atoms with Crippen LogP contribution in [0, 0.1) is 0 Å². The first kappa shape index (κ1) is 26.7. The highest BCUT2D eigenvalue weighted by atomic mass is 16.5. The number of hydrogen-bond donors (Lipinski definition) is 1. The van der Waals surface area contributed by atoms with Crippen molar-refractivity contribution in [1.82, 2.24) is 9.97 Å². The van der Waals surface area contributed by atoms with E-state index in [1.54, 1.807) is 7.11 Å². The monoisotopic (exact) mass is 523 g/mol. The maximum Gasteiger partial charge on any atom is 0.318 e. The third kappa shape index (κ3) is 5.76. The standard InChI is InChI=1S/C33H37N3O3/c1-4-24-21-23(13-16-30(24)38-3)17-20-39-33-34-29-12-8-11-28(31(29)32(35-33)36(5-2)18-19-37)27-15-14-25-9-6-7-10-26(25)22-27/h6-13,16,21-22,37H,4-5,14-15,17-20H2,1-3H3. The Morgan fingerprint density at radius 1 is 0.974 bits per heavy atom. The number of allylic oxidation sites excluding steroid dienone is 1. The van der Waals surface area contributed by atoms with Crippen LogP contribution < -0.4 is 14.4 Å². The number of aromatic nitrogens is 2. The number of ether oxygens (including phenoxy) is 2. The van der Waals surface area contributed by atoms with Crippen LogP contribution in [-0.4, -0.2) is 48.5 Å². The zero-order valence-electron chi connectivity index (χ0n) is 23.1. The quantitative estimate of drug-likeness (QED) is 0.255. The van der Waals surface area contributed by atoms with E-state index >= 15 is 0 Å². The minimum absolute atomic E-state index is 0.0466. The molecule has 4 aromatic rings. The molecule has 0 amide bonds. The Kier molecular flexibility index (Phi) is 8.42. The molecule has 0 saturated heterocycles. The molecule has 1 N–H and O–H groups in total. The van der Waals surface area contributed by atoms with Crippen LogP contribution in [-0.2, 0) is 19.3 Å². The van der Waals surface area contributed by atoms with E-state index in [1.165, 1.54) is 27.8 Å². The molecule has 0 aliphatic heterocycles. The summed E-state index contributed by atoms with van der Waals surface area (Å²) in [5.74, 6) is 1.72. The molecule has 0 atom stereocenters. The lowest BCUT2D eigenvalue weighted by Crippen LogP contribution is -2.28. The van der Waals surface area contributed by atoms with Crippen molar-refractivity contribution in [3.05, 3.63) is 88.5 Å². The van der Waals surface area contributed by atoms with E-state index in [0.29, 0.717) is 25.7 Å². The number of fused-ring (bicyclic) bond motifs is 2. The molecule has 0 unspecified atom stereocenters. The summed E-state index contributed by atoms with van der Waals surface area (Å²) in [6.07, 6.45) is 5.92. The first-order chi connectivity index (χ1) is 19.1. The second-order valence-electron chi connectivity index (χ2n) is 9.80. The molecule has 0 fully saturated rings. The fraction of sp³-hybridized carbons (Fsp3) is 0.333. The first-order valence-corrected chi connectivity index (χ1v) is 13.9. The molecule has 0 bridgehead atoms. The maximum atomic E-state index is 9.81. The van der Waals surface area contributed by atoms with Crippen molar-refractivity contribution in [2.45, 2.75) is 39.5 Å². The molecule has 3 aromatic carbocycles. The molecule has 6 heteroatoms. The number of rotatable bonds is 11. The van der Waals surface area contributed by atoms with E-state index in [0.717, 1.165) is 53.7 Å². The number of hydrogen-bond acceptors (Lipinski definition) is 6. The third-order valence-electron chi connectivity index (χ3n) is 7.48. The summed E-state index contributed by atoms with van der Waals surface area (Å²) in [6.45, 7) is 5.93. The fourth-order valence-electron chi connectivity index (χ4n) is 5.41. The number of aliphatic hydroxyl groups is 1. The van der Waals surface area contributed by atoms with Crippen LogP contribution in [0.4, 0.5) is 5.82 Å². The molecule has 0 saturated carbocycles. The highest BCUT2D eigenvalue weighted by Gasteiger charge is 2.20. The molecule has 0 spiro atoms. The minimum Gasteiger partial charge on any atom is -0.496 e. The van der Waals surface area contributed by atoms with Gasteiger partial charge in [0.1, 0.15) is 11.6 Å². The number of aliphatic hydroxyl groups excluding tert-OH is 1. The average Bonchev–Trinajstić information content (AvgIpc) is 2.98. The van der Waals surface area contributed by atoms with Gasteiger partial charge >= 0.3 is 6.01 Å². The highest BCUT2D eigenvalue weighted by Crippen LogP contribution is 2.37. The molecule has 0 radical (unpaired) electrons. The predicted octanol–water partition coefficient (Wildman–Crippen LogP) is 6.13. The van der Waals surface area contributed by atoms with Gasteiger partial charge in [-0.05, 0) is 71.7 Å². The fourth-order valence-corrected chi connectivity index (χ4v) is 5.41. The van der Waals surface area contributed by atoms with Crippen LogP contribution in [0.1, 0.15) is 48.1 Å². The van der Waals surface area contributed by atoms with Crippen LogP contribution in [0.15, 0.2) is 60.7 Å². The Labute approximate surface area is 230 Å². The van der Waals surface area contributed by atoms with Gasteiger partial charge in [0.25, 0.3) is 0 Å². The van der Waals surface area contributed by atoms with Crippen molar-refractivity contribution in [3.8, 4) is 11.8 Å². The molecule has 5 rings (SSSR count). The predicted molar refractivity (Wildman–Crippen MR) is 159 cm³/mol. The molecule has 202 valence electrons. The summed E-state index contributed by atoms with van der Waals surface area (Å²) < 4.78 is 11.6. The van der Waals surface area contributed by atoms with Gasteiger partial charge in [-0.15, -0.1) is 0 Å². The molecule has 39 heavy (non-hydrogen) atoms. The van der Waals surface area contributed by atoms with E-state index in [2.05, 4.69) is 73.4 Å². The number of methoxy groups -OCH3 is 1. The number of nitrogens with zero attached hydrogens (tertiary/aromatic N) is 3. The van der Waals surface area contributed by atoms with E-state index in [1.807, 2.05) is 12.1 Å². The van der Waals surface area contributed by atoms with Crippen molar-refractivity contribution in [2.75, 3.05) is 38.3 Å². The summed E-state index contributed by atoms with van der Waals surface area (Å²) in [4.78, 5) is 11.9. The van der Waals surface area contributed by atoms with Gasteiger partial charge in [-0.3, -0.25) is 0 Å². The summed E-state index contributed by atoms with van der Waals surface area (Å²) in [5.41, 5.74) is 8.30. The molecule has 1 aromatic heterocycles. The van der Waals surface area contributed by atoms with Gasteiger partial charge < -0.3 is 19.5 Å². The van der Waals surface area contributed by atoms with Crippen LogP contribution >= 0.6 is 0 Å². The molecule has 1 aliphatic carbocycles. The van der Waals surface area contributed by atoms with Crippen molar-refractivity contribution < 1.29 is 14.6 Å². The van der Waals surface area contributed by atoms with Gasteiger partial charge in [-0.2, -0.15) is 9.97 Å². The SMILES string of the molecule is CCc1cc(CCOc2nc(N(CC)CCO)c3c(C4=Cc5ccccc5CC4)cccc3n2)ccc1OC. The Morgan fingerprint density at radius 2 is 1.85 bits per heavy atom. The maximum absolute atomic E-state index is 9.81. The Morgan fingerprint density at radius 3 is 2.64 bits per heavy atom. The lowest BCUT2D eigenvalue weighted by Gasteiger charge is -2.25. The second-order valence-corrected chi connectivity index (χ2v) is 9.80. The van der Waals surface area contributed by atoms with Crippen LogP contribution in [0.2, 0.25) is 0 Å². The first-order valence-electron chi connectivity index (χ1n) is 13.9. The van der Waals surface area contributed by atoms with Gasteiger partial charge in [0.2, 0.25) is 0 Å². The second kappa shape index (κ2) is 12.3. The average molecular weight is 524 g/mol. The van der Waals surface area contributed by atoms with Crippen LogP contribution in [0.3, 0.4) is 0 Å². The van der Waals surface area contributed by atoms with Gasteiger partial charge in [-0.1, -0.05) is 61.5 Å².